The second-order valence-electron chi connectivity index (χ2n) is 2.68. The fourth-order valence-corrected chi connectivity index (χ4v) is 4.65. The predicted octanol–water partition coefficient (Wildman–Crippen LogP) is 0.713. The van der Waals surface area contributed by atoms with Gasteiger partial charge >= 0.3 is 33.4 Å². The van der Waals surface area contributed by atoms with Crippen molar-refractivity contribution in [3.63, 3.8) is 0 Å². The van der Waals surface area contributed by atoms with E-state index in [9.17, 15) is 31.3 Å². The zero-order chi connectivity index (χ0) is 14.5. The Kier molecular flexibility index (Phi) is 4.16. The van der Waals surface area contributed by atoms with E-state index in [1.54, 1.807) is 0 Å². The van der Waals surface area contributed by atoms with Gasteiger partial charge in [-0.05, 0) is 0 Å². The molecule has 0 spiro atoms. The lowest BCUT2D eigenvalue weighted by molar-refractivity contribution is 0.0746. The number of hydrogen-bond acceptors (Lipinski definition) is 3. The van der Waals surface area contributed by atoms with Gasteiger partial charge in [0.2, 0.25) is 0 Å². The third-order valence-electron chi connectivity index (χ3n) is 1.43. The average molecular weight is 326 g/mol. The molecule has 0 aliphatic rings. The normalized spacial score (nSPS) is 16.1. The minimum atomic E-state index is -7.53. The minimum absolute atomic E-state index is 6.19. The van der Waals surface area contributed by atoms with Crippen molar-refractivity contribution >= 4 is 22.6 Å². The Morgan fingerprint density at radius 2 is 0.824 bits per heavy atom. The van der Waals surface area contributed by atoms with E-state index in [1.165, 1.54) is 0 Å². The van der Waals surface area contributed by atoms with E-state index < -0.39 is 33.4 Å². The molecule has 0 radical (unpaired) electrons. The summed E-state index contributed by atoms with van der Waals surface area (Å²) in [6.45, 7) is 0. The predicted molar refractivity (Wildman–Crippen MR) is 43.8 cm³/mol. The largest absolute Gasteiger partial charge is 0.424 e. The van der Waals surface area contributed by atoms with E-state index in [1.807, 2.05) is 0 Å². The van der Waals surface area contributed by atoms with Crippen LogP contribution in [0, 0.1) is 0 Å². The summed E-state index contributed by atoms with van der Waals surface area (Å²) in [5.41, 5.74) is 0. The van der Waals surface area contributed by atoms with Gasteiger partial charge in [0.15, 0.2) is 0 Å². The summed E-state index contributed by atoms with van der Waals surface area (Å²) >= 11 is 0. The molecule has 0 amide bonds. The molecule has 0 unspecified atom stereocenters. The molecule has 0 aromatic heterocycles. The SMILES string of the molecule is O=P(O)(O)C(F)(F)P(=O)(O)C(F)(F)P(=O)(O)O. The summed E-state index contributed by atoms with van der Waals surface area (Å²) < 4.78 is 81.4. The summed E-state index contributed by atoms with van der Waals surface area (Å²) in [5.74, 6) is 0. The Labute approximate surface area is 90.0 Å². The van der Waals surface area contributed by atoms with Crippen molar-refractivity contribution in [1.82, 2.24) is 0 Å². The second-order valence-corrected chi connectivity index (χ2v) is 8.96. The lowest BCUT2D eigenvalue weighted by atomic mass is 11.6. The molecule has 0 bridgehead atoms. The molecule has 0 aromatic carbocycles. The Morgan fingerprint density at radius 1 is 0.647 bits per heavy atom. The van der Waals surface area contributed by atoms with Gasteiger partial charge in [0.05, 0.1) is 0 Å². The van der Waals surface area contributed by atoms with Crippen LogP contribution in [0.2, 0.25) is 0 Å². The highest BCUT2D eigenvalue weighted by atomic mass is 31.3. The van der Waals surface area contributed by atoms with Crippen LogP contribution in [0.15, 0.2) is 0 Å². The molecule has 17 heavy (non-hydrogen) atoms. The van der Waals surface area contributed by atoms with Gasteiger partial charge in [-0.15, -0.1) is 0 Å². The van der Waals surface area contributed by atoms with E-state index in [0.717, 1.165) is 0 Å². The molecule has 0 aliphatic carbocycles. The van der Waals surface area contributed by atoms with Crippen LogP contribution in [-0.2, 0) is 13.7 Å². The van der Waals surface area contributed by atoms with Gasteiger partial charge in [0, 0.05) is 0 Å². The van der Waals surface area contributed by atoms with Crippen molar-refractivity contribution in [2.75, 3.05) is 0 Å². The fraction of sp³-hybridized carbons (Fsp3) is 1.00. The number of halogens is 4. The molecule has 104 valence electrons. The Morgan fingerprint density at radius 3 is 0.941 bits per heavy atom. The van der Waals surface area contributed by atoms with Gasteiger partial charge in [0.1, 0.15) is 0 Å². The molecule has 0 fully saturated rings. The van der Waals surface area contributed by atoms with Gasteiger partial charge in [-0.25, -0.2) is 0 Å². The standard InChI is InChI=1S/C2H5F4O8P3/c3-1(4,16(9,10)11)15(7,8)2(5,6)17(12,13)14/h(H,7,8)(H2,9,10,11)(H2,12,13,14). The van der Waals surface area contributed by atoms with E-state index >= 15 is 0 Å². The van der Waals surface area contributed by atoms with E-state index in [-0.39, 0.29) is 0 Å². The van der Waals surface area contributed by atoms with Crippen LogP contribution in [0.5, 0.6) is 0 Å². The third-order valence-corrected chi connectivity index (χ3v) is 7.48. The second kappa shape index (κ2) is 4.11. The molecule has 8 nitrogen and oxygen atoms in total. The molecule has 0 saturated heterocycles. The van der Waals surface area contributed by atoms with Crippen LogP contribution in [0.25, 0.3) is 0 Å². The van der Waals surface area contributed by atoms with Gasteiger partial charge in [-0.2, -0.15) is 17.6 Å². The molecule has 0 saturated carbocycles. The molecular weight excluding hydrogens is 321 g/mol. The van der Waals surface area contributed by atoms with E-state index in [0.29, 0.717) is 0 Å². The summed E-state index contributed by atoms with van der Waals surface area (Å²) in [6, 6.07) is 0. The Hall–Kier alpha value is 0.210. The summed E-state index contributed by atoms with van der Waals surface area (Å²) in [4.78, 5) is 40.1. The fourth-order valence-electron chi connectivity index (χ4n) is 0.515. The molecule has 0 aromatic rings. The summed E-state index contributed by atoms with van der Waals surface area (Å²) in [5, 5.41) is -12.4. The maximum absolute atomic E-state index is 12.6. The van der Waals surface area contributed by atoms with Gasteiger partial charge in [-0.3, -0.25) is 13.7 Å². The number of alkyl halides is 4. The topological polar surface area (TPSA) is 152 Å². The first-order valence-electron chi connectivity index (χ1n) is 3.20. The van der Waals surface area contributed by atoms with Gasteiger partial charge in [-0.1, -0.05) is 0 Å². The van der Waals surface area contributed by atoms with Crippen molar-refractivity contribution in [3.8, 4) is 0 Å². The van der Waals surface area contributed by atoms with Crippen LogP contribution >= 0.6 is 22.6 Å². The summed E-state index contributed by atoms with van der Waals surface area (Å²) in [6.07, 6.45) is 0. The first-order valence-corrected chi connectivity index (χ1v) is 8.08. The van der Waals surface area contributed by atoms with E-state index in [2.05, 4.69) is 0 Å². The molecule has 0 aliphatic heterocycles. The van der Waals surface area contributed by atoms with Crippen LogP contribution in [0.3, 0.4) is 0 Å². The van der Waals surface area contributed by atoms with Crippen LogP contribution < -0.4 is 0 Å². The molecule has 15 heteroatoms. The van der Waals surface area contributed by atoms with Crippen molar-refractivity contribution in [2.45, 2.75) is 10.8 Å². The average Bonchev–Trinajstić information content (AvgIpc) is 1.98. The maximum Gasteiger partial charge on any atom is 0.424 e. The third kappa shape index (κ3) is 2.50. The van der Waals surface area contributed by atoms with Gasteiger partial charge in [0.25, 0.3) is 0 Å². The Balaban J connectivity index is 6.02. The molecule has 0 rings (SSSR count). The number of rotatable bonds is 4. The highest BCUT2D eigenvalue weighted by Crippen LogP contribution is 2.84. The van der Waals surface area contributed by atoms with Crippen molar-refractivity contribution in [1.29, 1.82) is 0 Å². The minimum Gasteiger partial charge on any atom is -0.335 e. The van der Waals surface area contributed by atoms with Crippen LogP contribution in [0.1, 0.15) is 0 Å². The smallest absolute Gasteiger partial charge is 0.335 e. The first kappa shape index (κ1) is 17.2. The first-order chi connectivity index (χ1) is 7.00. The monoisotopic (exact) mass is 326 g/mol. The molecular formula is C2H5F4O8P3. The van der Waals surface area contributed by atoms with Crippen LogP contribution in [0.4, 0.5) is 17.6 Å². The molecule has 0 atom stereocenters. The molecule has 5 N–H and O–H groups in total. The highest BCUT2D eigenvalue weighted by molar-refractivity contribution is 7.82. The van der Waals surface area contributed by atoms with Gasteiger partial charge < -0.3 is 24.5 Å². The lowest BCUT2D eigenvalue weighted by Gasteiger charge is -2.28. The summed E-state index contributed by atoms with van der Waals surface area (Å²) in [7, 11) is -21.2. The molecule has 0 heterocycles. The zero-order valence-electron chi connectivity index (χ0n) is 7.31. The highest BCUT2D eigenvalue weighted by Gasteiger charge is 2.78. The van der Waals surface area contributed by atoms with Crippen LogP contribution in [-0.4, -0.2) is 35.3 Å². The Bertz CT molecular complexity index is 408. The maximum atomic E-state index is 12.6. The number of hydrogen-bond donors (Lipinski definition) is 5. The van der Waals surface area contributed by atoms with Crippen molar-refractivity contribution in [3.05, 3.63) is 0 Å². The van der Waals surface area contributed by atoms with E-state index in [4.69, 9.17) is 24.5 Å². The van der Waals surface area contributed by atoms with Crippen molar-refractivity contribution in [2.24, 2.45) is 0 Å². The zero-order valence-corrected chi connectivity index (χ0v) is 10.00. The lowest BCUT2D eigenvalue weighted by Crippen LogP contribution is -2.29. The quantitative estimate of drug-likeness (QED) is 0.374. The van der Waals surface area contributed by atoms with Crippen molar-refractivity contribution < 1.29 is 55.7 Å².